The number of isocyanates is 1. The molecule has 0 N–H and O–H groups in total. The highest BCUT2D eigenvalue weighted by Gasteiger charge is 2.09. The van der Waals surface area contributed by atoms with E-state index in [0.717, 1.165) is 0 Å². The van der Waals surface area contributed by atoms with Crippen LogP contribution in [0.4, 0.5) is 8.78 Å². The maximum atomic E-state index is 12.0. The number of aliphatic imine (C=N–C) groups is 1. The van der Waals surface area contributed by atoms with Crippen LogP contribution in [0.5, 0.6) is 5.75 Å². The lowest BCUT2D eigenvalue weighted by Gasteiger charge is -2.08. The second-order valence-corrected chi connectivity index (χ2v) is 2.97. The first-order chi connectivity index (χ1) is 7.13. The topological polar surface area (TPSA) is 38.7 Å². The largest absolute Gasteiger partial charge is 0.434 e. The second kappa shape index (κ2) is 5.44. The summed E-state index contributed by atoms with van der Waals surface area (Å²) in [6, 6.07) is 4.11. The van der Waals surface area contributed by atoms with Crippen molar-refractivity contribution in [1.82, 2.24) is 0 Å². The van der Waals surface area contributed by atoms with Gasteiger partial charge in [-0.05, 0) is 18.2 Å². The van der Waals surface area contributed by atoms with E-state index in [9.17, 15) is 13.6 Å². The van der Waals surface area contributed by atoms with Crippen LogP contribution < -0.4 is 4.74 Å². The normalized spacial score (nSPS) is 9.87. The van der Waals surface area contributed by atoms with Crippen LogP contribution in [0.1, 0.15) is 5.56 Å². The summed E-state index contributed by atoms with van der Waals surface area (Å²) in [7, 11) is 0. The average molecular weight is 234 g/mol. The summed E-state index contributed by atoms with van der Waals surface area (Å²) in [4.78, 5) is 13.1. The third-order valence-corrected chi connectivity index (χ3v) is 1.79. The third-order valence-electron chi connectivity index (χ3n) is 1.55. The van der Waals surface area contributed by atoms with Gasteiger partial charge in [0.1, 0.15) is 5.75 Å². The van der Waals surface area contributed by atoms with Gasteiger partial charge in [-0.1, -0.05) is 11.6 Å². The predicted molar refractivity (Wildman–Crippen MR) is 49.9 cm³/mol. The van der Waals surface area contributed by atoms with E-state index < -0.39 is 6.61 Å². The van der Waals surface area contributed by atoms with Crippen LogP contribution in [0.2, 0.25) is 5.02 Å². The first kappa shape index (κ1) is 11.6. The Morgan fingerprint density at radius 3 is 2.87 bits per heavy atom. The van der Waals surface area contributed by atoms with Gasteiger partial charge < -0.3 is 4.74 Å². The third kappa shape index (κ3) is 3.65. The minimum absolute atomic E-state index is 0.0478. The number of hydrogen-bond acceptors (Lipinski definition) is 3. The number of halogens is 3. The first-order valence-corrected chi connectivity index (χ1v) is 4.28. The molecular weight excluding hydrogens is 228 g/mol. The van der Waals surface area contributed by atoms with Crippen LogP contribution in [-0.2, 0) is 11.3 Å². The van der Waals surface area contributed by atoms with Crippen molar-refractivity contribution in [2.75, 3.05) is 0 Å². The van der Waals surface area contributed by atoms with Gasteiger partial charge in [-0.25, -0.2) is 9.79 Å². The standard InChI is InChI=1S/C9H6ClF2NO2/c10-7-1-2-8(15-9(11)12)6(3-7)4-13-5-14/h1-3,9H,4H2. The SMILES string of the molecule is O=C=NCc1cc(Cl)ccc1OC(F)F. The molecule has 80 valence electrons. The first-order valence-electron chi connectivity index (χ1n) is 3.90. The zero-order chi connectivity index (χ0) is 11.3. The van der Waals surface area contributed by atoms with Crippen LogP contribution in [0, 0.1) is 0 Å². The van der Waals surface area contributed by atoms with Crippen LogP contribution in [0.3, 0.4) is 0 Å². The summed E-state index contributed by atoms with van der Waals surface area (Å²) in [5.74, 6) is -0.0478. The monoisotopic (exact) mass is 233 g/mol. The molecular formula is C9H6ClF2NO2. The molecule has 0 unspecified atom stereocenters. The Labute approximate surface area is 89.3 Å². The van der Waals surface area contributed by atoms with Crippen molar-refractivity contribution in [1.29, 1.82) is 0 Å². The number of hydrogen-bond donors (Lipinski definition) is 0. The van der Waals surface area contributed by atoms with Gasteiger partial charge in [-0.15, -0.1) is 0 Å². The van der Waals surface area contributed by atoms with E-state index in [1.165, 1.54) is 24.3 Å². The Morgan fingerprint density at radius 2 is 2.27 bits per heavy atom. The number of benzene rings is 1. The number of rotatable bonds is 4. The van der Waals surface area contributed by atoms with Crippen molar-refractivity contribution in [3.05, 3.63) is 28.8 Å². The lowest BCUT2D eigenvalue weighted by molar-refractivity contribution is -0.0504. The van der Waals surface area contributed by atoms with Gasteiger partial charge >= 0.3 is 6.61 Å². The predicted octanol–water partition coefficient (Wildman–Crippen LogP) is 2.78. The summed E-state index contributed by atoms with van der Waals surface area (Å²) in [6.07, 6.45) is 1.31. The van der Waals surface area contributed by atoms with Gasteiger partial charge in [0.05, 0.1) is 6.54 Å². The van der Waals surface area contributed by atoms with Crippen molar-refractivity contribution in [3.8, 4) is 5.75 Å². The lowest BCUT2D eigenvalue weighted by atomic mass is 10.2. The molecule has 1 aromatic rings. The minimum atomic E-state index is -2.93. The number of ether oxygens (including phenoxy) is 1. The van der Waals surface area contributed by atoms with Crippen LogP contribution in [0.25, 0.3) is 0 Å². The fourth-order valence-corrected chi connectivity index (χ4v) is 1.19. The molecule has 6 heteroatoms. The number of alkyl halides is 2. The Kier molecular flexibility index (Phi) is 4.21. The van der Waals surface area contributed by atoms with E-state index in [2.05, 4.69) is 9.73 Å². The summed E-state index contributed by atoms with van der Waals surface area (Å²) in [6.45, 7) is -3.02. The van der Waals surface area contributed by atoms with Gasteiger partial charge in [0.15, 0.2) is 0 Å². The highest BCUT2D eigenvalue weighted by molar-refractivity contribution is 6.30. The van der Waals surface area contributed by atoms with Crippen molar-refractivity contribution in [2.24, 2.45) is 4.99 Å². The number of nitrogens with zero attached hydrogens (tertiary/aromatic N) is 1. The van der Waals surface area contributed by atoms with E-state index in [1.54, 1.807) is 0 Å². The molecule has 0 radical (unpaired) electrons. The molecule has 1 aromatic carbocycles. The summed E-state index contributed by atoms with van der Waals surface area (Å²) in [5.41, 5.74) is 0.311. The van der Waals surface area contributed by atoms with Gasteiger partial charge in [-0.3, -0.25) is 0 Å². The molecule has 0 spiro atoms. The van der Waals surface area contributed by atoms with E-state index in [4.69, 9.17) is 11.6 Å². The average Bonchev–Trinajstić information content (AvgIpc) is 2.18. The highest BCUT2D eigenvalue weighted by Crippen LogP contribution is 2.25. The molecule has 0 aliphatic heterocycles. The molecule has 0 amide bonds. The quantitative estimate of drug-likeness (QED) is 0.593. The lowest BCUT2D eigenvalue weighted by Crippen LogP contribution is -2.04. The van der Waals surface area contributed by atoms with E-state index in [-0.39, 0.29) is 12.3 Å². The van der Waals surface area contributed by atoms with E-state index in [1.807, 2.05) is 0 Å². The van der Waals surface area contributed by atoms with Crippen molar-refractivity contribution in [3.63, 3.8) is 0 Å². The summed E-state index contributed by atoms with van der Waals surface area (Å²) < 4.78 is 28.1. The fraction of sp³-hybridized carbons (Fsp3) is 0.222. The van der Waals surface area contributed by atoms with Crippen LogP contribution in [0.15, 0.2) is 23.2 Å². The van der Waals surface area contributed by atoms with Crippen molar-refractivity contribution in [2.45, 2.75) is 13.2 Å². The molecule has 1 rings (SSSR count). The van der Waals surface area contributed by atoms with E-state index in [0.29, 0.717) is 10.6 Å². The zero-order valence-corrected chi connectivity index (χ0v) is 8.17. The van der Waals surface area contributed by atoms with Crippen LogP contribution >= 0.6 is 11.6 Å². The molecule has 0 bridgehead atoms. The molecule has 0 heterocycles. The Hall–Kier alpha value is -1.45. The zero-order valence-electron chi connectivity index (χ0n) is 7.41. The number of carbonyl (C=O) groups excluding carboxylic acids is 1. The fourth-order valence-electron chi connectivity index (χ4n) is 1.000. The molecule has 0 saturated heterocycles. The molecule has 0 aromatic heterocycles. The molecule has 0 fully saturated rings. The maximum absolute atomic E-state index is 12.0. The van der Waals surface area contributed by atoms with Crippen LogP contribution in [-0.4, -0.2) is 12.7 Å². The summed E-state index contributed by atoms with van der Waals surface area (Å²) in [5, 5.41) is 0.354. The molecule has 0 atom stereocenters. The van der Waals surface area contributed by atoms with Crippen molar-refractivity contribution < 1.29 is 18.3 Å². The second-order valence-electron chi connectivity index (χ2n) is 2.54. The van der Waals surface area contributed by atoms with Gasteiger partial charge in [0.25, 0.3) is 0 Å². The Bertz CT molecular complexity index is 392. The summed E-state index contributed by atoms with van der Waals surface area (Å²) >= 11 is 5.65. The van der Waals surface area contributed by atoms with Gasteiger partial charge in [0, 0.05) is 10.6 Å². The van der Waals surface area contributed by atoms with Crippen molar-refractivity contribution >= 4 is 17.7 Å². The minimum Gasteiger partial charge on any atom is -0.434 e. The molecule has 0 aliphatic carbocycles. The molecule has 0 aliphatic rings. The van der Waals surface area contributed by atoms with E-state index >= 15 is 0 Å². The highest BCUT2D eigenvalue weighted by atomic mass is 35.5. The Balaban J connectivity index is 2.96. The van der Waals surface area contributed by atoms with Gasteiger partial charge in [-0.2, -0.15) is 8.78 Å². The van der Waals surface area contributed by atoms with Gasteiger partial charge in [0.2, 0.25) is 6.08 Å². The smallest absolute Gasteiger partial charge is 0.387 e. The molecule has 0 saturated carbocycles. The molecule has 15 heavy (non-hydrogen) atoms. The Morgan fingerprint density at radius 1 is 1.53 bits per heavy atom. The molecule has 3 nitrogen and oxygen atoms in total. The maximum Gasteiger partial charge on any atom is 0.387 e.